The molecule has 1 N–H and O–H groups in total. The molecule has 0 atom stereocenters. The van der Waals surface area contributed by atoms with E-state index in [-0.39, 0.29) is 18.2 Å². The van der Waals surface area contributed by atoms with Gasteiger partial charge in [0.2, 0.25) is 0 Å². The Balaban J connectivity index is 2.24. The molecule has 1 aromatic carbocycles. The molecular weight excluding hydrogens is 199 g/mol. The number of hydrogen-bond donors (Lipinski definition) is 1. The Bertz CT molecular complexity index is 352. The van der Waals surface area contributed by atoms with Gasteiger partial charge in [-0.05, 0) is 30.5 Å². The molecule has 0 aliphatic carbocycles. The van der Waals surface area contributed by atoms with Gasteiger partial charge in [0.05, 0.1) is 0 Å². The van der Waals surface area contributed by atoms with E-state index in [4.69, 9.17) is 14.6 Å². The van der Waals surface area contributed by atoms with E-state index >= 15 is 0 Å². The molecule has 1 aromatic rings. The maximum absolute atomic E-state index is 13.5. The van der Waals surface area contributed by atoms with Crippen LogP contribution in [0.4, 0.5) is 4.39 Å². The quantitative estimate of drug-likeness (QED) is 0.825. The number of benzene rings is 1. The molecule has 2 rings (SSSR count). The zero-order valence-electron chi connectivity index (χ0n) is 8.33. The largest absolute Gasteiger partial charge is 0.486 e. The second-order valence-electron chi connectivity index (χ2n) is 3.43. The zero-order valence-corrected chi connectivity index (χ0v) is 8.33. The summed E-state index contributed by atoms with van der Waals surface area (Å²) in [4.78, 5) is 0. The molecule has 0 amide bonds. The van der Waals surface area contributed by atoms with Gasteiger partial charge >= 0.3 is 0 Å². The van der Waals surface area contributed by atoms with Crippen LogP contribution in [0.25, 0.3) is 0 Å². The molecule has 0 saturated heterocycles. The van der Waals surface area contributed by atoms with Crippen LogP contribution < -0.4 is 9.47 Å². The van der Waals surface area contributed by atoms with Crippen molar-refractivity contribution in [2.24, 2.45) is 0 Å². The van der Waals surface area contributed by atoms with Crippen molar-refractivity contribution in [3.8, 4) is 11.5 Å². The van der Waals surface area contributed by atoms with E-state index < -0.39 is 0 Å². The monoisotopic (exact) mass is 212 g/mol. The highest BCUT2D eigenvalue weighted by molar-refractivity contribution is 5.45. The summed E-state index contributed by atoms with van der Waals surface area (Å²) in [7, 11) is 0. The predicted octanol–water partition coefficient (Wildman–Crippen LogP) is 1.52. The number of fused-ring (bicyclic) bond motifs is 1. The number of aliphatic hydroxyl groups excluding tert-OH is 1. The Morgan fingerprint density at radius 3 is 2.87 bits per heavy atom. The molecule has 0 fully saturated rings. The molecule has 15 heavy (non-hydrogen) atoms. The highest BCUT2D eigenvalue weighted by Gasteiger charge is 2.17. The molecule has 3 nitrogen and oxygen atoms in total. The maximum atomic E-state index is 13.5. The summed E-state index contributed by atoms with van der Waals surface area (Å²) in [5.41, 5.74) is 0.825. The van der Waals surface area contributed by atoms with Crippen LogP contribution >= 0.6 is 0 Å². The van der Waals surface area contributed by atoms with Crippen molar-refractivity contribution < 1.29 is 19.0 Å². The van der Waals surface area contributed by atoms with E-state index in [1.54, 1.807) is 6.07 Å². The summed E-state index contributed by atoms with van der Waals surface area (Å²) in [6, 6.07) is 3.20. The number of aliphatic hydroxyl groups is 1. The maximum Gasteiger partial charge on any atom is 0.197 e. The average Bonchev–Trinajstić information content (AvgIpc) is 2.26. The van der Waals surface area contributed by atoms with Crippen LogP contribution in [0, 0.1) is 5.82 Å². The van der Waals surface area contributed by atoms with E-state index in [0.29, 0.717) is 31.8 Å². The molecule has 0 spiro atoms. The number of rotatable bonds is 3. The fourth-order valence-electron chi connectivity index (χ4n) is 1.59. The third-order valence-corrected chi connectivity index (χ3v) is 2.28. The molecule has 1 aliphatic heterocycles. The topological polar surface area (TPSA) is 38.7 Å². The molecular formula is C11H13FO3. The minimum Gasteiger partial charge on any atom is -0.486 e. The lowest BCUT2D eigenvalue weighted by molar-refractivity contribution is 0.164. The summed E-state index contributed by atoms with van der Waals surface area (Å²) >= 11 is 0. The summed E-state index contributed by atoms with van der Waals surface area (Å²) < 4.78 is 24.0. The Hall–Kier alpha value is -1.29. The van der Waals surface area contributed by atoms with E-state index in [2.05, 4.69) is 0 Å². The van der Waals surface area contributed by atoms with Crippen LogP contribution in [0.5, 0.6) is 11.5 Å². The van der Waals surface area contributed by atoms with Crippen molar-refractivity contribution in [2.45, 2.75) is 12.8 Å². The van der Waals surface area contributed by atoms with Gasteiger partial charge in [-0.3, -0.25) is 0 Å². The van der Waals surface area contributed by atoms with Gasteiger partial charge in [-0.1, -0.05) is 0 Å². The highest BCUT2D eigenvalue weighted by Crippen LogP contribution is 2.34. The average molecular weight is 212 g/mol. The molecule has 0 aromatic heterocycles. The van der Waals surface area contributed by atoms with E-state index in [1.165, 1.54) is 6.07 Å². The van der Waals surface area contributed by atoms with Gasteiger partial charge in [0.25, 0.3) is 0 Å². The van der Waals surface area contributed by atoms with Gasteiger partial charge in [-0.25, -0.2) is 4.39 Å². The fourth-order valence-corrected chi connectivity index (χ4v) is 1.59. The molecule has 4 heteroatoms. The van der Waals surface area contributed by atoms with Crippen molar-refractivity contribution in [1.82, 2.24) is 0 Å². The predicted molar refractivity (Wildman–Crippen MR) is 52.8 cm³/mol. The third-order valence-electron chi connectivity index (χ3n) is 2.28. The van der Waals surface area contributed by atoms with Crippen LogP contribution in [0.3, 0.4) is 0 Å². The first-order valence-corrected chi connectivity index (χ1v) is 5.00. The smallest absolute Gasteiger partial charge is 0.197 e. The van der Waals surface area contributed by atoms with Gasteiger partial charge in [-0.2, -0.15) is 0 Å². The summed E-state index contributed by atoms with van der Waals surface area (Å²) in [5, 5.41) is 8.69. The molecule has 82 valence electrons. The van der Waals surface area contributed by atoms with Crippen LogP contribution in [-0.2, 0) is 6.42 Å². The number of ether oxygens (including phenoxy) is 2. The lowest BCUT2D eigenvalue weighted by Crippen LogP contribution is -2.16. The first-order valence-electron chi connectivity index (χ1n) is 5.00. The van der Waals surface area contributed by atoms with Gasteiger partial charge < -0.3 is 14.6 Å². The van der Waals surface area contributed by atoms with Crippen LogP contribution in [0.2, 0.25) is 0 Å². The molecule has 0 bridgehead atoms. The number of hydrogen-bond acceptors (Lipinski definition) is 3. The first kappa shape index (κ1) is 10.2. The van der Waals surface area contributed by atoms with E-state index in [9.17, 15) is 4.39 Å². The highest BCUT2D eigenvalue weighted by atomic mass is 19.1. The fraction of sp³-hybridized carbons (Fsp3) is 0.455. The summed E-state index contributed by atoms with van der Waals surface area (Å²) in [6.45, 7) is 0.950. The van der Waals surface area contributed by atoms with Gasteiger partial charge in [0.1, 0.15) is 13.2 Å². The Kier molecular flexibility index (Phi) is 3.06. The molecule has 0 radical (unpaired) electrons. The molecule has 1 aliphatic rings. The Morgan fingerprint density at radius 1 is 1.27 bits per heavy atom. The number of halogens is 1. The van der Waals surface area contributed by atoms with Gasteiger partial charge in [0.15, 0.2) is 17.3 Å². The normalized spacial score (nSPS) is 14.0. The van der Waals surface area contributed by atoms with Crippen molar-refractivity contribution in [1.29, 1.82) is 0 Å². The van der Waals surface area contributed by atoms with Gasteiger partial charge in [-0.15, -0.1) is 0 Å². The lowest BCUT2D eigenvalue weighted by atomic mass is 10.1. The van der Waals surface area contributed by atoms with Crippen molar-refractivity contribution in [2.75, 3.05) is 19.8 Å². The molecule has 0 saturated carbocycles. The number of aryl methyl sites for hydroxylation is 1. The van der Waals surface area contributed by atoms with Crippen molar-refractivity contribution in [3.63, 3.8) is 0 Å². The van der Waals surface area contributed by atoms with Crippen molar-refractivity contribution in [3.05, 3.63) is 23.5 Å². The van der Waals surface area contributed by atoms with E-state index in [1.807, 2.05) is 0 Å². The standard InChI is InChI=1S/C11H13FO3/c12-9-6-8(2-1-3-13)7-10-11(9)15-5-4-14-10/h6-7,13H,1-5H2. The molecule has 1 heterocycles. The van der Waals surface area contributed by atoms with E-state index in [0.717, 1.165) is 5.56 Å². The minimum absolute atomic E-state index is 0.107. The Labute approximate surface area is 87.4 Å². The second kappa shape index (κ2) is 4.49. The van der Waals surface area contributed by atoms with Gasteiger partial charge in [0, 0.05) is 6.61 Å². The lowest BCUT2D eigenvalue weighted by Gasteiger charge is -2.19. The summed E-state index contributed by atoms with van der Waals surface area (Å²) in [6.07, 6.45) is 1.27. The SMILES string of the molecule is OCCCc1cc(F)c2c(c1)OCCO2. The minimum atomic E-state index is -0.389. The Morgan fingerprint density at radius 2 is 2.07 bits per heavy atom. The zero-order chi connectivity index (χ0) is 10.7. The van der Waals surface area contributed by atoms with Crippen molar-refractivity contribution >= 4 is 0 Å². The molecule has 0 unspecified atom stereocenters. The first-order chi connectivity index (χ1) is 7.31. The van der Waals surface area contributed by atoms with Crippen LogP contribution in [0.15, 0.2) is 12.1 Å². The van der Waals surface area contributed by atoms with Crippen LogP contribution in [0.1, 0.15) is 12.0 Å². The third kappa shape index (κ3) is 2.21. The summed E-state index contributed by atoms with van der Waals surface area (Å²) in [5.74, 6) is 0.281. The van der Waals surface area contributed by atoms with Crippen LogP contribution in [-0.4, -0.2) is 24.9 Å². The second-order valence-corrected chi connectivity index (χ2v) is 3.43.